The van der Waals surface area contributed by atoms with E-state index in [4.69, 9.17) is 14.7 Å². The highest BCUT2D eigenvalue weighted by Crippen LogP contribution is 2.31. The van der Waals surface area contributed by atoms with Crippen LogP contribution in [0.3, 0.4) is 0 Å². The van der Waals surface area contributed by atoms with Gasteiger partial charge in [0.2, 0.25) is 0 Å². The summed E-state index contributed by atoms with van der Waals surface area (Å²) in [5.74, 6) is 2.66. The van der Waals surface area contributed by atoms with Gasteiger partial charge in [-0.3, -0.25) is 0 Å². The third-order valence-electron chi connectivity index (χ3n) is 3.45. The minimum atomic E-state index is -0.567. The predicted octanol–water partition coefficient (Wildman–Crippen LogP) is 2.84. The number of aryl methyl sites for hydroxylation is 2. The van der Waals surface area contributed by atoms with Crippen molar-refractivity contribution in [3.8, 4) is 11.5 Å². The van der Waals surface area contributed by atoms with Crippen molar-refractivity contribution < 1.29 is 8.94 Å². The van der Waals surface area contributed by atoms with Gasteiger partial charge in [0.05, 0.1) is 11.1 Å². The number of nitrogens with zero attached hydrogens (tertiary/aromatic N) is 2. The van der Waals surface area contributed by atoms with Crippen molar-refractivity contribution in [2.24, 2.45) is 5.73 Å². The fraction of sp³-hybridized carbons (Fsp3) is 0.538. The molecule has 2 N–H and O–H groups in total. The maximum absolute atomic E-state index is 6.10. The van der Waals surface area contributed by atoms with Crippen LogP contribution >= 0.6 is 0 Å². The minimum absolute atomic E-state index is 0.474. The fourth-order valence-corrected chi connectivity index (χ4v) is 1.82. The molecule has 2 rings (SSSR count). The van der Waals surface area contributed by atoms with E-state index in [0.717, 1.165) is 29.1 Å². The lowest BCUT2D eigenvalue weighted by atomic mass is 10.00. The number of hydrogen-bond acceptors (Lipinski definition) is 5. The van der Waals surface area contributed by atoms with Gasteiger partial charge in [-0.25, -0.2) is 0 Å². The highest BCUT2D eigenvalue weighted by Gasteiger charge is 2.27. The van der Waals surface area contributed by atoms with Crippen molar-refractivity contribution in [1.82, 2.24) is 10.1 Å². The lowest BCUT2D eigenvalue weighted by Crippen LogP contribution is -2.33. The maximum atomic E-state index is 6.10. The Balaban J connectivity index is 2.48. The Hall–Kier alpha value is -1.62. The summed E-state index contributed by atoms with van der Waals surface area (Å²) in [6, 6.07) is 0. The standard InChI is InChI=1S/C13H19N3O2/c1-6-13(5,14)12-15-11(18-16-12)10-7(2)8(3)17-9(10)4/h6,14H2,1-5H3. The van der Waals surface area contributed by atoms with Crippen LogP contribution in [0.5, 0.6) is 0 Å². The number of rotatable bonds is 3. The van der Waals surface area contributed by atoms with Gasteiger partial charge in [0.1, 0.15) is 11.5 Å². The summed E-state index contributed by atoms with van der Waals surface area (Å²) in [5, 5.41) is 3.97. The first-order valence-electron chi connectivity index (χ1n) is 6.07. The summed E-state index contributed by atoms with van der Waals surface area (Å²) < 4.78 is 10.9. The monoisotopic (exact) mass is 249 g/mol. The fourth-order valence-electron chi connectivity index (χ4n) is 1.82. The lowest BCUT2D eigenvalue weighted by molar-refractivity contribution is 0.378. The molecule has 98 valence electrons. The zero-order chi connectivity index (χ0) is 13.5. The molecule has 2 heterocycles. The predicted molar refractivity (Wildman–Crippen MR) is 68.0 cm³/mol. The zero-order valence-corrected chi connectivity index (χ0v) is 11.5. The zero-order valence-electron chi connectivity index (χ0n) is 11.5. The molecule has 0 aromatic carbocycles. The molecule has 0 saturated heterocycles. The van der Waals surface area contributed by atoms with Crippen LogP contribution in [0.25, 0.3) is 11.5 Å². The number of furan rings is 1. The van der Waals surface area contributed by atoms with Crippen LogP contribution < -0.4 is 5.73 Å². The first kappa shape index (κ1) is 12.8. The molecule has 1 atom stereocenters. The van der Waals surface area contributed by atoms with E-state index in [1.54, 1.807) is 0 Å². The molecule has 5 nitrogen and oxygen atoms in total. The summed E-state index contributed by atoms with van der Waals surface area (Å²) in [5.41, 5.74) is 7.43. The van der Waals surface area contributed by atoms with Crippen molar-refractivity contribution in [2.45, 2.75) is 46.6 Å². The van der Waals surface area contributed by atoms with Crippen molar-refractivity contribution in [1.29, 1.82) is 0 Å². The molecule has 2 aromatic rings. The molecule has 0 spiro atoms. The Bertz CT molecular complexity index is 567. The normalized spacial score (nSPS) is 14.8. The second kappa shape index (κ2) is 4.24. The Morgan fingerprint density at radius 1 is 1.22 bits per heavy atom. The van der Waals surface area contributed by atoms with Crippen LogP contribution in [0.15, 0.2) is 8.94 Å². The topological polar surface area (TPSA) is 78.1 Å². The van der Waals surface area contributed by atoms with E-state index in [1.807, 2.05) is 34.6 Å². The van der Waals surface area contributed by atoms with Gasteiger partial charge in [0, 0.05) is 5.56 Å². The molecule has 0 bridgehead atoms. The molecule has 1 unspecified atom stereocenters. The molecule has 0 amide bonds. The summed E-state index contributed by atoms with van der Waals surface area (Å²) in [4.78, 5) is 4.40. The van der Waals surface area contributed by atoms with Crippen LogP contribution in [0, 0.1) is 20.8 Å². The van der Waals surface area contributed by atoms with Crippen LogP contribution in [0.2, 0.25) is 0 Å². The SMILES string of the molecule is CCC(C)(N)c1noc(-c2c(C)oc(C)c2C)n1. The highest BCUT2D eigenvalue weighted by molar-refractivity contribution is 5.61. The lowest BCUT2D eigenvalue weighted by Gasteiger charge is -2.16. The second-order valence-corrected chi connectivity index (χ2v) is 4.91. The highest BCUT2D eigenvalue weighted by atomic mass is 16.5. The smallest absolute Gasteiger partial charge is 0.261 e. The summed E-state index contributed by atoms with van der Waals surface area (Å²) >= 11 is 0. The van der Waals surface area contributed by atoms with Gasteiger partial charge in [-0.15, -0.1) is 0 Å². The molecule has 0 aliphatic carbocycles. The molecule has 0 saturated carbocycles. The molecule has 0 aliphatic heterocycles. The molecule has 5 heteroatoms. The Morgan fingerprint density at radius 3 is 2.39 bits per heavy atom. The van der Waals surface area contributed by atoms with Gasteiger partial charge < -0.3 is 14.7 Å². The van der Waals surface area contributed by atoms with Crippen LogP contribution in [0.4, 0.5) is 0 Å². The Morgan fingerprint density at radius 2 is 1.89 bits per heavy atom. The molecule has 0 fully saturated rings. The molecular formula is C13H19N3O2. The van der Waals surface area contributed by atoms with Crippen molar-refractivity contribution in [3.05, 3.63) is 22.9 Å². The maximum Gasteiger partial charge on any atom is 0.261 e. The van der Waals surface area contributed by atoms with Crippen molar-refractivity contribution in [3.63, 3.8) is 0 Å². The molecule has 0 radical (unpaired) electrons. The van der Waals surface area contributed by atoms with E-state index in [9.17, 15) is 0 Å². The van der Waals surface area contributed by atoms with Crippen LogP contribution in [0.1, 0.15) is 43.2 Å². The third-order valence-corrected chi connectivity index (χ3v) is 3.45. The third kappa shape index (κ3) is 1.95. The van der Waals surface area contributed by atoms with Gasteiger partial charge in [-0.05, 0) is 34.1 Å². The van der Waals surface area contributed by atoms with Crippen LogP contribution in [-0.4, -0.2) is 10.1 Å². The number of aromatic nitrogens is 2. The van der Waals surface area contributed by atoms with Gasteiger partial charge in [-0.2, -0.15) is 4.98 Å². The Kier molecular flexibility index (Phi) is 3.02. The van der Waals surface area contributed by atoms with Gasteiger partial charge in [0.25, 0.3) is 5.89 Å². The number of hydrogen-bond donors (Lipinski definition) is 1. The second-order valence-electron chi connectivity index (χ2n) is 4.91. The minimum Gasteiger partial charge on any atom is -0.466 e. The molecule has 2 aromatic heterocycles. The van der Waals surface area contributed by atoms with E-state index < -0.39 is 5.54 Å². The van der Waals surface area contributed by atoms with E-state index in [1.165, 1.54) is 0 Å². The van der Waals surface area contributed by atoms with E-state index in [0.29, 0.717) is 11.7 Å². The molecule has 18 heavy (non-hydrogen) atoms. The van der Waals surface area contributed by atoms with Gasteiger partial charge in [0.15, 0.2) is 5.82 Å². The van der Waals surface area contributed by atoms with Crippen molar-refractivity contribution in [2.75, 3.05) is 0 Å². The largest absolute Gasteiger partial charge is 0.466 e. The quantitative estimate of drug-likeness (QED) is 0.904. The average molecular weight is 249 g/mol. The first-order chi connectivity index (χ1) is 8.36. The molecular weight excluding hydrogens is 230 g/mol. The van der Waals surface area contributed by atoms with Gasteiger partial charge in [-0.1, -0.05) is 12.1 Å². The van der Waals surface area contributed by atoms with Crippen molar-refractivity contribution >= 4 is 0 Å². The number of nitrogens with two attached hydrogens (primary N) is 1. The Labute approximate surface area is 106 Å². The summed E-state index contributed by atoms with van der Waals surface area (Å²) in [6.07, 6.45) is 0.744. The summed E-state index contributed by atoms with van der Waals surface area (Å²) in [7, 11) is 0. The summed E-state index contributed by atoms with van der Waals surface area (Å²) in [6.45, 7) is 9.67. The van der Waals surface area contributed by atoms with Crippen LogP contribution in [-0.2, 0) is 5.54 Å². The first-order valence-corrected chi connectivity index (χ1v) is 6.07. The average Bonchev–Trinajstić information content (AvgIpc) is 2.86. The van der Waals surface area contributed by atoms with E-state index >= 15 is 0 Å². The van der Waals surface area contributed by atoms with E-state index in [2.05, 4.69) is 10.1 Å². The van der Waals surface area contributed by atoms with E-state index in [-0.39, 0.29) is 0 Å². The molecule has 0 aliphatic rings. The van der Waals surface area contributed by atoms with Gasteiger partial charge >= 0.3 is 0 Å².